The Labute approximate surface area is 151 Å². The van der Waals surface area contributed by atoms with Crippen molar-refractivity contribution in [3.63, 3.8) is 0 Å². The predicted octanol–water partition coefficient (Wildman–Crippen LogP) is 1.97. The van der Waals surface area contributed by atoms with Gasteiger partial charge in [-0.15, -0.1) is 0 Å². The number of nitriles is 1. The second-order valence-electron chi connectivity index (χ2n) is 7.24. The molecule has 0 radical (unpaired) electrons. The number of hydrogen-bond donors (Lipinski definition) is 0. The summed E-state index contributed by atoms with van der Waals surface area (Å²) in [5, 5.41) is 9.00. The lowest BCUT2D eigenvalue weighted by molar-refractivity contribution is 0.533. The maximum Gasteiger partial charge on any atom is 0.226 e. The summed E-state index contributed by atoms with van der Waals surface area (Å²) in [6.07, 6.45) is 3.07. The van der Waals surface area contributed by atoms with Crippen molar-refractivity contribution in [2.45, 2.75) is 19.8 Å². The highest BCUT2D eigenvalue weighted by atomic mass is 19.1. The number of fused-ring (bicyclic) bond motifs is 1. The van der Waals surface area contributed by atoms with Gasteiger partial charge in [-0.3, -0.25) is 0 Å². The zero-order valence-electron chi connectivity index (χ0n) is 14.8. The minimum Gasteiger partial charge on any atom is -0.353 e. The first kappa shape index (κ1) is 16.6. The summed E-state index contributed by atoms with van der Waals surface area (Å²) in [5.41, 5.74) is 0.841. The number of aromatic nitrogens is 4. The normalized spacial score (nSPS) is 22.0. The minimum absolute atomic E-state index is 0.0268. The number of rotatable bonds is 3. The molecule has 0 N–H and O–H groups in total. The molecule has 4 rings (SSSR count). The Bertz CT molecular complexity index is 849. The molecule has 8 heteroatoms. The zero-order valence-corrected chi connectivity index (χ0v) is 14.8. The first-order valence-corrected chi connectivity index (χ1v) is 8.80. The van der Waals surface area contributed by atoms with Crippen molar-refractivity contribution in [2.75, 3.05) is 36.0 Å². The predicted molar refractivity (Wildman–Crippen MR) is 94.2 cm³/mol. The van der Waals surface area contributed by atoms with Gasteiger partial charge < -0.3 is 9.80 Å². The van der Waals surface area contributed by atoms with E-state index in [0.717, 1.165) is 26.2 Å². The lowest BCUT2D eigenvalue weighted by Gasteiger charge is -2.23. The number of hydrogen-bond acceptors (Lipinski definition) is 7. The SMILES string of the molecule is CC(C)c1ncnc(N2CC3CN(c4nccc(C#N)n4)CC3C2)c1F. The van der Waals surface area contributed by atoms with Crippen molar-refractivity contribution in [1.82, 2.24) is 19.9 Å². The van der Waals surface area contributed by atoms with Gasteiger partial charge in [-0.05, 0) is 12.0 Å². The third-order valence-corrected chi connectivity index (χ3v) is 5.17. The molecule has 26 heavy (non-hydrogen) atoms. The number of nitrogens with zero attached hydrogens (tertiary/aromatic N) is 7. The molecule has 0 aromatic carbocycles. The lowest BCUT2D eigenvalue weighted by Crippen LogP contribution is -2.31. The Kier molecular flexibility index (Phi) is 4.15. The standard InChI is InChI=1S/C18H20FN7/c1-11(2)16-15(19)17(23-10-22-16)25-6-12-8-26(9-13(12)7-25)18-21-4-3-14(5-20)24-18/h3-4,10-13H,6-9H2,1-2H3. The molecule has 2 saturated heterocycles. The van der Waals surface area contributed by atoms with Gasteiger partial charge in [0.25, 0.3) is 0 Å². The number of halogens is 1. The van der Waals surface area contributed by atoms with Crippen LogP contribution in [0.15, 0.2) is 18.6 Å². The Morgan fingerprint density at radius 2 is 1.81 bits per heavy atom. The third kappa shape index (κ3) is 2.83. The maximum atomic E-state index is 14.7. The smallest absolute Gasteiger partial charge is 0.226 e. The molecule has 0 spiro atoms. The van der Waals surface area contributed by atoms with Crippen LogP contribution in [-0.4, -0.2) is 46.1 Å². The van der Waals surface area contributed by atoms with Crippen LogP contribution in [0.25, 0.3) is 0 Å². The summed E-state index contributed by atoms with van der Waals surface area (Å²) in [5.74, 6) is 1.54. The largest absolute Gasteiger partial charge is 0.353 e. The van der Waals surface area contributed by atoms with Gasteiger partial charge in [0.15, 0.2) is 11.6 Å². The van der Waals surface area contributed by atoms with Crippen molar-refractivity contribution in [3.05, 3.63) is 35.8 Å². The molecule has 4 heterocycles. The van der Waals surface area contributed by atoms with Crippen LogP contribution in [0.5, 0.6) is 0 Å². The molecule has 0 bridgehead atoms. The first-order valence-electron chi connectivity index (χ1n) is 8.80. The highest BCUT2D eigenvalue weighted by molar-refractivity contribution is 5.45. The van der Waals surface area contributed by atoms with E-state index in [4.69, 9.17) is 5.26 Å². The average molecular weight is 353 g/mol. The van der Waals surface area contributed by atoms with Crippen LogP contribution in [0.4, 0.5) is 16.2 Å². The molecule has 2 fully saturated rings. The summed E-state index contributed by atoms with van der Waals surface area (Å²) in [4.78, 5) is 21.0. The minimum atomic E-state index is -0.301. The molecule has 2 unspecified atom stereocenters. The van der Waals surface area contributed by atoms with Crippen LogP contribution in [0.2, 0.25) is 0 Å². The van der Waals surface area contributed by atoms with Crippen LogP contribution in [0.3, 0.4) is 0 Å². The van der Waals surface area contributed by atoms with E-state index in [-0.39, 0.29) is 11.7 Å². The highest BCUT2D eigenvalue weighted by Crippen LogP contribution is 2.36. The quantitative estimate of drug-likeness (QED) is 0.834. The molecule has 2 aromatic heterocycles. The van der Waals surface area contributed by atoms with E-state index >= 15 is 0 Å². The molecule has 7 nitrogen and oxygen atoms in total. The van der Waals surface area contributed by atoms with Gasteiger partial charge in [-0.25, -0.2) is 24.3 Å². The molecular formula is C18H20FN7. The van der Waals surface area contributed by atoms with Crippen molar-refractivity contribution in [1.29, 1.82) is 5.26 Å². The van der Waals surface area contributed by atoms with Gasteiger partial charge in [0.1, 0.15) is 18.1 Å². The lowest BCUT2D eigenvalue weighted by atomic mass is 10.0. The fraction of sp³-hybridized carbons (Fsp3) is 0.500. The van der Waals surface area contributed by atoms with Gasteiger partial charge in [0, 0.05) is 44.2 Å². The van der Waals surface area contributed by atoms with E-state index < -0.39 is 0 Å². The summed E-state index contributed by atoms with van der Waals surface area (Å²) in [7, 11) is 0. The monoisotopic (exact) mass is 353 g/mol. The molecular weight excluding hydrogens is 333 g/mol. The van der Waals surface area contributed by atoms with Crippen LogP contribution < -0.4 is 9.80 Å². The van der Waals surface area contributed by atoms with Crippen molar-refractivity contribution >= 4 is 11.8 Å². The Balaban J connectivity index is 1.49. The van der Waals surface area contributed by atoms with E-state index in [1.807, 2.05) is 24.8 Å². The highest BCUT2D eigenvalue weighted by Gasteiger charge is 2.42. The van der Waals surface area contributed by atoms with Crippen molar-refractivity contribution in [2.24, 2.45) is 11.8 Å². The van der Waals surface area contributed by atoms with Gasteiger partial charge in [-0.1, -0.05) is 13.8 Å². The van der Waals surface area contributed by atoms with E-state index in [1.54, 1.807) is 12.3 Å². The van der Waals surface area contributed by atoms with Gasteiger partial charge in [0.05, 0.1) is 5.69 Å². The maximum absolute atomic E-state index is 14.7. The van der Waals surface area contributed by atoms with Crippen LogP contribution in [-0.2, 0) is 0 Å². The Hall–Kier alpha value is -2.82. The van der Waals surface area contributed by atoms with Gasteiger partial charge in [-0.2, -0.15) is 5.26 Å². The van der Waals surface area contributed by atoms with E-state index in [9.17, 15) is 4.39 Å². The van der Waals surface area contributed by atoms with Gasteiger partial charge >= 0.3 is 0 Å². The van der Waals surface area contributed by atoms with Crippen LogP contribution >= 0.6 is 0 Å². The fourth-order valence-electron chi connectivity index (χ4n) is 3.89. The second kappa shape index (κ2) is 6.48. The molecule has 2 aliphatic rings. The average Bonchev–Trinajstić information content (AvgIpc) is 3.20. The molecule has 2 aromatic rings. The molecule has 2 aliphatic heterocycles. The summed E-state index contributed by atoms with van der Waals surface area (Å²) in [6, 6.07) is 3.65. The van der Waals surface area contributed by atoms with Crippen LogP contribution in [0, 0.1) is 29.0 Å². The van der Waals surface area contributed by atoms with E-state index in [1.165, 1.54) is 6.33 Å². The Morgan fingerprint density at radius 1 is 1.12 bits per heavy atom. The Morgan fingerprint density at radius 3 is 2.46 bits per heavy atom. The van der Waals surface area contributed by atoms with Crippen molar-refractivity contribution in [3.8, 4) is 6.07 Å². The summed E-state index contributed by atoms with van der Waals surface area (Å²) < 4.78 is 14.7. The van der Waals surface area contributed by atoms with Gasteiger partial charge in [0.2, 0.25) is 5.95 Å². The van der Waals surface area contributed by atoms with Crippen molar-refractivity contribution < 1.29 is 4.39 Å². The fourth-order valence-corrected chi connectivity index (χ4v) is 3.89. The third-order valence-electron chi connectivity index (χ3n) is 5.17. The van der Waals surface area contributed by atoms with Crippen LogP contribution in [0.1, 0.15) is 31.2 Å². The molecule has 0 saturated carbocycles. The molecule has 2 atom stereocenters. The topological polar surface area (TPSA) is 81.8 Å². The second-order valence-corrected chi connectivity index (χ2v) is 7.24. The zero-order chi connectivity index (χ0) is 18.3. The molecule has 134 valence electrons. The van der Waals surface area contributed by atoms with E-state index in [0.29, 0.717) is 35.0 Å². The number of anilines is 2. The summed E-state index contributed by atoms with van der Waals surface area (Å²) >= 11 is 0. The molecule has 0 aliphatic carbocycles. The van der Waals surface area contributed by atoms with E-state index in [2.05, 4.69) is 24.8 Å². The molecule has 0 amide bonds. The summed E-state index contributed by atoms with van der Waals surface area (Å²) in [6.45, 7) is 6.98. The first-order chi connectivity index (χ1) is 12.6.